The monoisotopic (exact) mass is 529 g/mol. The Bertz CT molecular complexity index is 1090. The van der Waals surface area contributed by atoms with E-state index in [9.17, 15) is 13.2 Å². The summed E-state index contributed by atoms with van der Waals surface area (Å²) >= 11 is 9.26. The van der Waals surface area contributed by atoms with Crippen LogP contribution in [-0.4, -0.2) is 51.7 Å². The summed E-state index contributed by atoms with van der Waals surface area (Å²) < 4.78 is 38.3. The van der Waals surface area contributed by atoms with Crippen molar-refractivity contribution in [1.82, 2.24) is 9.73 Å². The minimum Gasteiger partial charge on any atom is -0.493 e. The Hall–Kier alpha value is -2.14. The minimum absolute atomic E-state index is 0.0920. The van der Waals surface area contributed by atoms with Gasteiger partial charge in [-0.1, -0.05) is 11.6 Å². The van der Waals surface area contributed by atoms with E-state index in [2.05, 4.69) is 26.5 Å². The van der Waals surface area contributed by atoms with Gasteiger partial charge in [0.1, 0.15) is 6.04 Å². The molecule has 1 atom stereocenters. The van der Waals surface area contributed by atoms with Gasteiger partial charge in [-0.15, -0.1) is 0 Å². The highest BCUT2D eigenvalue weighted by molar-refractivity contribution is 9.10. The highest BCUT2D eigenvalue weighted by Gasteiger charge is 2.39. The number of hydrogen-bond donors (Lipinski definition) is 1. The van der Waals surface area contributed by atoms with Crippen LogP contribution in [0.5, 0.6) is 11.5 Å². The van der Waals surface area contributed by atoms with E-state index in [1.807, 2.05) is 0 Å². The molecule has 0 saturated carbocycles. The van der Waals surface area contributed by atoms with Crippen LogP contribution in [0.1, 0.15) is 18.4 Å². The lowest BCUT2D eigenvalue weighted by Crippen LogP contribution is -2.44. The summed E-state index contributed by atoms with van der Waals surface area (Å²) in [6.45, 7) is 0.258. The number of sulfonamides is 1. The van der Waals surface area contributed by atoms with E-state index in [0.29, 0.717) is 39.4 Å². The summed E-state index contributed by atoms with van der Waals surface area (Å²) in [4.78, 5) is 12.8. The first-order chi connectivity index (χ1) is 14.8. The van der Waals surface area contributed by atoms with Crippen LogP contribution in [0.15, 0.2) is 50.9 Å². The zero-order valence-electron chi connectivity index (χ0n) is 16.8. The molecule has 2 aromatic carbocycles. The Balaban J connectivity index is 1.73. The van der Waals surface area contributed by atoms with Crippen LogP contribution in [0.25, 0.3) is 0 Å². The van der Waals surface area contributed by atoms with E-state index >= 15 is 0 Å². The van der Waals surface area contributed by atoms with Gasteiger partial charge in [0, 0.05) is 21.6 Å². The Morgan fingerprint density at radius 3 is 2.52 bits per heavy atom. The van der Waals surface area contributed by atoms with Gasteiger partial charge < -0.3 is 9.47 Å². The van der Waals surface area contributed by atoms with Crippen molar-refractivity contribution in [3.8, 4) is 11.5 Å². The first kappa shape index (κ1) is 23.5. The van der Waals surface area contributed by atoms with Crippen LogP contribution in [0, 0.1) is 0 Å². The second-order valence-electron chi connectivity index (χ2n) is 6.69. The number of benzene rings is 2. The molecule has 1 heterocycles. The van der Waals surface area contributed by atoms with Crippen molar-refractivity contribution in [2.75, 3.05) is 20.8 Å². The van der Waals surface area contributed by atoms with Crippen molar-refractivity contribution >= 4 is 49.7 Å². The number of nitrogens with zero attached hydrogens (tertiary/aromatic N) is 2. The lowest BCUT2D eigenvalue weighted by Gasteiger charge is -2.22. The third kappa shape index (κ3) is 5.20. The van der Waals surface area contributed by atoms with Gasteiger partial charge >= 0.3 is 0 Å². The van der Waals surface area contributed by atoms with Crippen LogP contribution in [0.4, 0.5) is 0 Å². The zero-order chi connectivity index (χ0) is 22.6. The number of carbonyl (C=O) groups excluding carboxylic acids is 1. The van der Waals surface area contributed by atoms with E-state index in [4.69, 9.17) is 21.1 Å². The molecule has 0 radical (unpaired) electrons. The number of rotatable bonds is 7. The number of nitrogens with one attached hydrogen (secondary N) is 1. The van der Waals surface area contributed by atoms with E-state index in [1.54, 1.807) is 12.1 Å². The second-order valence-corrected chi connectivity index (χ2v) is 9.87. The summed E-state index contributed by atoms with van der Waals surface area (Å²) in [5.74, 6) is 0.557. The smallest absolute Gasteiger partial charge is 0.258 e. The molecule has 0 aromatic heterocycles. The van der Waals surface area contributed by atoms with Crippen LogP contribution < -0.4 is 14.9 Å². The number of hydrazone groups is 1. The van der Waals surface area contributed by atoms with Gasteiger partial charge in [0.15, 0.2) is 11.5 Å². The molecule has 1 aliphatic rings. The van der Waals surface area contributed by atoms with Crippen molar-refractivity contribution in [2.45, 2.75) is 23.8 Å². The van der Waals surface area contributed by atoms with Gasteiger partial charge in [-0.3, -0.25) is 4.79 Å². The fraction of sp³-hybridized carbons (Fsp3) is 0.300. The summed E-state index contributed by atoms with van der Waals surface area (Å²) in [6, 6.07) is 8.45. The van der Waals surface area contributed by atoms with Crippen molar-refractivity contribution in [2.24, 2.45) is 5.10 Å². The molecule has 8 nitrogen and oxygen atoms in total. The molecule has 2 aromatic rings. The number of amides is 1. The molecule has 0 spiro atoms. The van der Waals surface area contributed by atoms with Gasteiger partial charge in [-0.05, 0) is 65.2 Å². The van der Waals surface area contributed by atoms with Crippen LogP contribution >= 0.6 is 27.5 Å². The summed E-state index contributed by atoms with van der Waals surface area (Å²) in [6.07, 6.45) is 2.43. The number of carbonyl (C=O) groups is 1. The average Bonchev–Trinajstić information content (AvgIpc) is 3.26. The van der Waals surface area contributed by atoms with Gasteiger partial charge in [0.2, 0.25) is 10.0 Å². The summed E-state index contributed by atoms with van der Waals surface area (Å²) in [7, 11) is -0.777. The van der Waals surface area contributed by atoms with Crippen molar-refractivity contribution in [1.29, 1.82) is 0 Å². The first-order valence-corrected chi connectivity index (χ1v) is 11.9. The standard InChI is InChI=1S/C20H21BrClN3O5S/c1-29-18-10-13(16(21)11-19(18)30-2)12-23-24-20(26)17-4-3-9-25(17)31(27,28)15-7-5-14(22)6-8-15/h5-8,10-12,17H,3-4,9H2,1-2H3,(H,24,26). The number of methoxy groups -OCH3 is 2. The SMILES string of the molecule is COc1cc(Br)c(C=NNC(=O)C2CCCN2S(=O)(=O)c2ccc(Cl)cc2)cc1OC. The molecule has 1 N–H and O–H groups in total. The highest BCUT2D eigenvalue weighted by atomic mass is 79.9. The van der Waals surface area contributed by atoms with Gasteiger partial charge in [-0.25, -0.2) is 13.8 Å². The largest absolute Gasteiger partial charge is 0.493 e. The Kier molecular flexibility index (Phi) is 7.58. The molecule has 0 aliphatic carbocycles. The van der Waals surface area contributed by atoms with Gasteiger partial charge in [0.25, 0.3) is 5.91 Å². The van der Waals surface area contributed by atoms with Gasteiger partial charge in [-0.2, -0.15) is 9.41 Å². The average molecular weight is 531 g/mol. The molecule has 1 fully saturated rings. The second kappa shape index (κ2) is 9.99. The summed E-state index contributed by atoms with van der Waals surface area (Å²) in [5, 5.41) is 4.42. The molecule has 166 valence electrons. The van der Waals surface area contributed by atoms with Crippen LogP contribution in [-0.2, 0) is 14.8 Å². The van der Waals surface area contributed by atoms with Gasteiger partial charge in [0.05, 0.1) is 25.3 Å². The van der Waals surface area contributed by atoms with E-state index in [-0.39, 0.29) is 11.4 Å². The fourth-order valence-corrected chi connectivity index (χ4v) is 5.45. The molecular formula is C20H21BrClN3O5S. The zero-order valence-corrected chi connectivity index (χ0v) is 20.0. The Morgan fingerprint density at radius 2 is 1.87 bits per heavy atom. The van der Waals surface area contributed by atoms with E-state index in [1.165, 1.54) is 49.0 Å². The third-order valence-corrected chi connectivity index (χ3v) is 7.67. The van der Waals surface area contributed by atoms with Crippen LogP contribution in [0.2, 0.25) is 5.02 Å². The van der Waals surface area contributed by atoms with Crippen LogP contribution in [0.3, 0.4) is 0 Å². The van der Waals surface area contributed by atoms with E-state index < -0.39 is 22.0 Å². The normalized spacial score (nSPS) is 17.1. The highest BCUT2D eigenvalue weighted by Crippen LogP contribution is 2.32. The molecule has 11 heteroatoms. The Morgan fingerprint density at radius 1 is 1.23 bits per heavy atom. The fourth-order valence-electron chi connectivity index (χ4n) is 3.24. The molecular weight excluding hydrogens is 510 g/mol. The maximum atomic E-state index is 13.0. The maximum Gasteiger partial charge on any atom is 0.258 e. The molecule has 1 unspecified atom stereocenters. The number of ether oxygens (including phenoxy) is 2. The molecule has 3 rings (SSSR count). The molecule has 31 heavy (non-hydrogen) atoms. The molecule has 0 bridgehead atoms. The minimum atomic E-state index is -3.83. The van der Waals surface area contributed by atoms with E-state index in [0.717, 1.165) is 0 Å². The first-order valence-electron chi connectivity index (χ1n) is 9.29. The lowest BCUT2D eigenvalue weighted by molar-refractivity contribution is -0.124. The topological polar surface area (TPSA) is 97.3 Å². The quantitative estimate of drug-likeness (QED) is 0.437. The molecule has 1 aliphatic heterocycles. The molecule has 1 saturated heterocycles. The Labute approximate surface area is 194 Å². The molecule has 1 amide bonds. The summed E-state index contributed by atoms with van der Waals surface area (Å²) in [5.41, 5.74) is 3.09. The predicted molar refractivity (Wildman–Crippen MR) is 121 cm³/mol. The lowest BCUT2D eigenvalue weighted by atomic mass is 10.2. The van der Waals surface area contributed by atoms with Crippen molar-refractivity contribution < 1.29 is 22.7 Å². The van der Waals surface area contributed by atoms with Crippen molar-refractivity contribution in [3.05, 3.63) is 51.5 Å². The predicted octanol–water partition coefficient (Wildman–Crippen LogP) is 3.42. The third-order valence-electron chi connectivity index (χ3n) is 4.81. The van der Waals surface area contributed by atoms with Crippen molar-refractivity contribution in [3.63, 3.8) is 0 Å². The number of halogens is 2. The number of hydrogen-bond acceptors (Lipinski definition) is 6. The maximum absolute atomic E-state index is 13.0.